The van der Waals surface area contributed by atoms with Crippen molar-refractivity contribution in [2.24, 2.45) is 0 Å². The summed E-state index contributed by atoms with van der Waals surface area (Å²) < 4.78 is 11.0. The van der Waals surface area contributed by atoms with E-state index in [9.17, 15) is 20.1 Å². The van der Waals surface area contributed by atoms with Gasteiger partial charge in [-0.15, -0.1) is 0 Å². The third-order valence-electron chi connectivity index (χ3n) is 9.61. The zero-order chi connectivity index (χ0) is 41.3. The summed E-state index contributed by atoms with van der Waals surface area (Å²) in [5, 5.41) is 20.0. The van der Waals surface area contributed by atoms with Gasteiger partial charge in [-0.1, -0.05) is 98.1 Å². The summed E-state index contributed by atoms with van der Waals surface area (Å²) >= 11 is 0. The van der Waals surface area contributed by atoms with Gasteiger partial charge < -0.3 is 19.3 Å². The largest absolute Gasteiger partial charge is 0.460 e. The van der Waals surface area contributed by atoms with E-state index in [0.29, 0.717) is 46.5 Å². The van der Waals surface area contributed by atoms with Gasteiger partial charge in [-0.3, -0.25) is 0 Å². The van der Waals surface area contributed by atoms with E-state index in [-0.39, 0.29) is 25.2 Å². The minimum absolute atomic E-state index is 0.250. The quantitative estimate of drug-likeness (QED) is 0.0641. The summed E-state index contributed by atoms with van der Waals surface area (Å²) in [7, 11) is 0. The zero-order valence-electron chi connectivity index (χ0n) is 32.9. The molecule has 0 saturated heterocycles. The number of hydrogen-bond acceptors (Lipinski definition) is 8. The normalized spacial score (nSPS) is 10.8. The third kappa shape index (κ3) is 11.3. The van der Waals surface area contributed by atoms with Crippen molar-refractivity contribution >= 4 is 59.8 Å². The molecule has 0 bridgehead atoms. The maximum absolute atomic E-state index is 12.5. The Morgan fingerprint density at radius 3 is 1.21 bits per heavy atom. The van der Waals surface area contributed by atoms with Crippen LogP contribution in [0.15, 0.2) is 122 Å². The predicted molar refractivity (Wildman–Crippen MR) is 236 cm³/mol. The van der Waals surface area contributed by atoms with Gasteiger partial charge in [0.15, 0.2) is 0 Å². The number of carbonyl (C=O) groups excluding carboxylic acids is 2. The number of ether oxygens (including phenoxy) is 2. The molecule has 8 heteroatoms. The second kappa shape index (κ2) is 21.0. The average molecular weight is 767 g/mol. The summed E-state index contributed by atoms with van der Waals surface area (Å²) in [5.74, 6) is -0.723. The average Bonchev–Trinajstić information content (AvgIpc) is 3.28. The van der Waals surface area contributed by atoms with Crippen LogP contribution in [0.5, 0.6) is 0 Å². The van der Waals surface area contributed by atoms with Crippen LogP contribution in [0.2, 0.25) is 0 Å². The monoisotopic (exact) mass is 766 g/mol. The SMILES string of the molecule is C=Cc1ccc(C(=O)OCCN(CC)c2ccc(/C=C/c3cc(C#N)c(/C=C/c4ccc(N(CC)CCOC(=O)c5ccc(C=C)cc5)cc4)cc3C#N)cc2)cc1. The molecule has 0 fully saturated rings. The molecule has 0 aliphatic heterocycles. The van der Waals surface area contributed by atoms with Gasteiger partial charge in [-0.05, 0) is 108 Å². The summed E-state index contributed by atoms with van der Waals surface area (Å²) in [4.78, 5) is 29.2. The van der Waals surface area contributed by atoms with E-state index < -0.39 is 0 Å². The van der Waals surface area contributed by atoms with Gasteiger partial charge in [0.25, 0.3) is 0 Å². The van der Waals surface area contributed by atoms with E-state index in [0.717, 1.165) is 46.7 Å². The number of rotatable bonds is 18. The van der Waals surface area contributed by atoms with Crippen molar-refractivity contribution in [1.82, 2.24) is 0 Å². The summed E-state index contributed by atoms with van der Waals surface area (Å²) in [6, 6.07) is 38.3. The molecule has 5 aromatic carbocycles. The first-order valence-electron chi connectivity index (χ1n) is 19.1. The predicted octanol–water partition coefficient (Wildman–Crippen LogP) is 10.4. The number of carbonyl (C=O) groups is 2. The van der Waals surface area contributed by atoms with E-state index in [1.165, 1.54) is 0 Å². The lowest BCUT2D eigenvalue weighted by Crippen LogP contribution is -2.28. The van der Waals surface area contributed by atoms with Crippen molar-refractivity contribution in [2.75, 3.05) is 49.2 Å². The van der Waals surface area contributed by atoms with Crippen LogP contribution in [-0.4, -0.2) is 51.3 Å². The zero-order valence-corrected chi connectivity index (χ0v) is 32.9. The molecule has 0 N–H and O–H groups in total. The highest BCUT2D eigenvalue weighted by atomic mass is 16.5. The van der Waals surface area contributed by atoms with Gasteiger partial charge in [-0.25, -0.2) is 9.59 Å². The van der Waals surface area contributed by atoms with E-state index in [2.05, 4.69) is 35.1 Å². The Kier molecular flexibility index (Phi) is 15.1. The molecule has 290 valence electrons. The molecule has 0 saturated carbocycles. The Balaban J connectivity index is 1.16. The molecule has 0 spiro atoms. The van der Waals surface area contributed by atoms with E-state index >= 15 is 0 Å². The van der Waals surface area contributed by atoms with Gasteiger partial charge in [0.05, 0.1) is 47.5 Å². The van der Waals surface area contributed by atoms with Gasteiger partial charge in [-0.2, -0.15) is 10.5 Å². The van der Waals surface area contributed by atoms with Crippen LogP contribution in [0.4, 0.5) is 11.4 Å². The highest BCUT2D eigenvalue weighted by molar-refractivity contribution is 5.90. The molecule has 0 heterocycles. The molecule has 8 nitrogen and oxygen atoms in total. The Morgan fingerprint density at radius 1 is 0.552 bits per heavy atom. The minimum Gasteiger partial charge on any atom is -0.460 e. The standard InChI is InChI=1S/C50H46N4O4/c1-5-37-9-19-41(20-10-37)49(55)57-31-29-53(7-3)47-25-15-39(16-26-47)13-23-43-33-46(36-52)44(34-45(43)35-51)24-14-40-17-27-48(28-18-40)54(8-4)30-32-58-50(56)42-21-11-38(6-2)12-22-42/h5-6,9-28,33-34H,1-2,7-8,29-32H2,3-4H3/b23-13+,24-14+. The molecule has 0 aliphatic rings. The Bertz CT molecular complexity index is 2180. The molecule has 0 aromatic heterocycles. The lowest BCUT2D eigenvalue weighted by Gasteiger charge is -2.23. The van der Waals surface area contributed by atoms with E-state index in [4.69, 9.17) is 9.47 Å². The van der Waals surface area contributed by atoms with E-state index in [1.807, 2.05) is 111 Å². The smallest absolute Gasteiger partial charge is 0.338 e. The highest BCUT2D eigenvalue weighted by Crippen LogP contribution is 2.23. The Morgan fingerprint density at radius 2 is 0.897 bits per heavy atom. The topological polar surface area (TPSA) is 107 Å². The van der Waals surface area contributed by atoms with Crippen LogP contribution in [0, 0.1) is 22.7 Å². The molecular weight excluding hydrogens is 721 g/mol. The molecule has 0 aliphatic carbocycles. The van der Waals surface area contributed by atoms with E-state index in [1.54, 1.807) is 48.6 Å². The summed E-state index contributed by atoms with van der Waals surface area (Å²) in [6.07, 6.45) is 11.0. The van der Waals surface area contributed by atoms with Gasteiger partial charge in [0.2, 0.25) is 0 Å². The lowest BCUT2D eigenvalue weighted by molar-refractivity contribution is 0.0506. The second-order valence-electron chi connectivity index (χ2n) is 13.2. The van der Waals surface area contributed by atoms with Crippen LogP contribution < -0.4 is 9.80 Å². The number of likely N-dealkylation sites (N-methyl/N-ethyl adjacent to an activating group) is 2. The van der Waals surface area contributed by atoms with Crippen LogP contribution in [0.1, 0.15) is 79.1 Å². The Labute approximate surface area is 341 Å². The van der Waals surface area contributed by atoms with Gasteiger partial charge in [0, 0.05) is 24.5 Å². The van der Waals surface area contributed by atoms with Crippen molar-refractivity contribution in [3.8, 4) is 12.1 Å². The number of nitriles is 2. The van der Waals surface area contributed by atoms with Gasteiger partial charge >= 0.3 is 11.9 Å². The first kappa shape index (κ1) is 41.7. The van der Waals surface area contributed by atoms with Crippen LogP contribution in [0.3, 0.4) is 0 Å². The fraction of sp³-hybridized carbons (Fsp3) is 0.160. The molecule has 0 amide bonds. The molecule has 5 aromatic rings. The highest BCUT2D eigenvalue weighted by Gasteiger charge is 2.12. The van der Waals surface area contributed by atoms with Crippen molar-refractivity contribution in [1.29, 1.82) is 10.5 Å². The number of hydrogen-bond donors (Lipinski definition) is 0. The lowest BCUT2D eigenvalue weighted by atomic mass is 9.97. The van der Waals surface area contributed by atoms with Crippen LogP contribution in [0.25, 0.3) is 36.5 Å². The summed E-state index contributed by atoms with van der Waals surface area (Å²) in [5.41, 5.74) is 8.94. The van der Waals surface area contributed by atoms with Crippen LogP contribution >= 0.6 is 0 Å². The van der Waals surface area contributed by atoms with Crippen molar-refractivity contribution < 1.29 is 19.1 Å². The van der Waals surface area contributed by atoms with Gasteiger partial charge in [0.1, 0.15) is 13.2 Å². The van der Waals surface area contributed by atoms with Crippen molar-refractivity contribution in [3.05, 3.63) is 178 Å². The maximum Gasteiger partial charge on any atom is 0.338 e. The van der Waals surface area contributed by atoms with Crippen molar-refractivity contribution in [3.63, 3.8) is 0 Å². The molecule has 0 atom stereocenters. The first-order valence-corrected chi connectivity index (χ1v) is 19.1. The fourth-order valence-electron chi connectivity index (χ4n) is 6.18. The summed E-state index contributed by atoms with van der Waals surface area (Å²) in [6.45, 7) is 14.6. The molecule has 5 rings (SSSR count). The van der Waals surface area contributed by atoms with Crippen LogP contribution in [-0.2, 0) is 9.47 Å². The molecule has 58 heavy (non-hydrogen) atoms. The number of esters is 2. The molecule has 0 radical (unpaired) electrons. The fourth-order valence-corrected chi connectivity index (χ4v) is 6.18. The maximum atomic E-state index is 12.5. The minimum atomic E-state index is -0.362. The number of nitrogens with zero attached hydrogens (tertiary/aromatic N) is 4. The molecular formula is C50H46N4O4. The third-order valence-corrected chi connectivity index (χ3v) is 9.61. The first-order chi connectivity index (χ1) is 28.3. The Hall–Kier alpha value is -7.42. The van der Waals surface area contributed by atoms with Crippen molar-refractivity contribution in [2.45, 2.75) is 13.8 Å². The molecule has 0 unspecified atom stereocenters. The number of benzene rings is 5. The number of anilines is 2. The second-order valence-corrected chi connectivity index (χ2v) is 13.2.